The molecule has 1 aromatic carbocycles. The summed E-state index contributed by atoms with van der Waals surface area (Å²) in [5, 5.41) is 14.5. The van der Waals surface area contributed by atoms with Gasteiger partial charge in [0.2, 0.25) is 0 Å². The van der Waals surface area contributed by atoms with Gasteiger partial charge in [0.1, 0.15) is 0 Å². The molecule has 1 atom stereocenters. The number of nitrogens with zero attached hydrogens (tertiary/aromatic N) is 1. The van der Waals surface area contributed by atoms with E-state index in [1.165, 1.54) is 32.1 Å². The zero-order valence-electron chi connectivity index (χ0n) is 12.4. The van der Waals surface area contributed by atoms with Crippen molar-refractivity contribution in [3.05, 3.63) is 33.9 Å². The Morgan fingerprint density at radius 2 is 2.00 bits per heavy atom. The second kappa shape index (κ2) is 6.73. The summed E-state index contributed by atoms with van der Waals surface area (Å²) in [6, 6.07) is 5.70. The van der Waals surface area contributed by atoms with E-state index in [1.54, 1.807) is 12.1 Å². The third-order valence-electron chi connectivity index (χ3n) is 4.28. The number of non-ortho nitro benzene ring substituents is 1. The minimum atomic E-state index is -0.320. The summed E-state index contributed by atoms with van der Waals surface area (Å²) in [7, 11) is 0. The normalized spacial score (nSPS) is 17.7. The number of rotatable bonds is 5. The standard InChI is InChI=1S/C16H24N2O2/c1-3-16(13-7-5-4-6-8-13)17-14-9-12(2)10-15(11-14)18(19)20/h9-11,13,16-17H,3-8H2,1-2H3. The molecule has 0 saturated heterocycles. The van der Waals surface area contributed by atoms with Crippen LogP contribution in [0.3, 0.4) is 0 Å². The van der Waals surface area contributed by atoms with Gasteiger partial charge in [-0.15, -0.1) is 0 Å². The number of aryl methyl sites for hydroxylation is 1. The fourth-order valence-corrected chi connectivity index (χ4v) is 3.26. The van der Waals surface area contributed by atoms with Crippen molar-refractivity contribution in [1.29, 1.82) is 0 Å². The third-order valence-corrected chi connectivity index (χ3v) is 4.28. The van der Waals surface area contributed by atoms with Gasteiger partial charge in [-0.1, -0.05) is 26.2 Å². The highest BCUT2D eigenvalue weighted by molar-refractivity contribution is 5.54. The van der Waals surface area contributed by atoms with Crippen LogP contribution < -0.4 is 5.32 Å². The van der Waals surface area contributed by atoms with Crippen LogP contribution in [0.25, 0.3) is 0 Å². The predicted octanol–water partition coefficient (Wildman–Crippen LogP) is 4.67. The van der Waals surface area contributed by atoms with E-state index >= 15 is 0 Å². The van der Waals surface area contributed by atoms with Gasteiger partial charge < -0.3 is 5.32 Å². The first-order chi connectivity index (χ1) is 9.60. The topological polar surface area (TPSA) is 55.2 Å². The van der Waals surface area contributed by atoms with Crippen molar-refractivity contribution in [2.45, 2.75) is 58.4 Å². The molecule has 0 aromatic heterocycles. The highest BCUT2D eigenvalue weighted by Crippen LogP contribution is 2.30. The summed E-state index contributed by atoms with van der Waals surface area (Å²) in [6.07, 6.45) is 7.60. The van der Waals surface area contributed by atoms with Gasteiger partial charge in [-0.05, 0) is 43.7 Å². The van der Waals surface area contributed by atoms with Gasteiger partial charge in [0.05, 0.1) is 4.92 Å². The van der Waals surface area contributed by atoms with Crippen molar-refractivity contribution in [2.75, 3.05) is 5.32 Å². The molecule has 4 nitrogen and oxygen atoms in total. The molecule has 0 heterocycles. The maximum absolute atomic E-state index is 10.9. The Bertz CT molecular complexity index is 468. The number of nitro benzene ring substituents is 1. The second-order valence-electron chi connectivity index (χ2n) is 5.87. The first-order valence-electron chi connectivity index (χ1n) is 7.62. The summed E-state index contributed by atoms with van der Waals surface area (Å²) >= 11 is 0. The Kier molecular flexibility index (Phi) is 4.99. The van der Waals surface area contributed by atoms with Crippen LogP contribution in [0.4, 0.5) is 11.4 Å². The number of nitrogens with one attached hydrogen (secondary N) is 1. The molecule has 1 aromatic rings. The van der Waals surface area contributed by atoms with Crippen LogP contribution in [0.2, 0.25) is 0 Å². The van der Waals surface area contributed by atoms with Gasteiger partial charge in [0.25, 0.3) is 5.69 Å². The van der Waals surface area contributed by atoms with Crippen molar-refractivity contribution in [3.8, 4) is 0 Å². The molecule has 0 aliphatic heterocycles. The molecular weight excluding hydrogens is 252 g/mol. The van der Waals surface area contributed by atoms with E-state index in [2.05, 4.69) is 12.2 Å². The number of hydrogen-bond acceptors (Lipinski definition) is 3. The van der Waals surface area contributed by atoms with Crippen LogP contribution >= 0.6 is 0 Å². The maximum atomic E-state index is 10.9. The average Bonchev–Trinajstić information content (AvgIpc) is 2.45. The van der Waals surface area contributed by atoms with Gasteiger partial charge in [-0.3, -0.25) is 10.1 Å². The Morgan fingerprint density at radius 1 is 1.30 bits per heavy atom. The lowest BCUT2D eigenvalue weighted by molar-refractivity contribution is -0.384. The molecule has 2 rings (SSSR count). The largest absolute Gasteiger partial charge is 0.382 e. The SMILES string of the molecule is CCC(Nc1cc(C)cc([N+](=O)[O-])c1)C1CCCCC1. The summed E-state index contributed by atoms with van der Waals surface area (Å²) in [5.74, 6) is 0.702. The number of benzene rings is 1. The van der Waals surface area contributed by atoms with E-state index in [4.69, 9.17) is 0 Å². The molecule has 1 unspecified atom stereocenters. The van der Waals surface area contributed by atoms with Crippen LogP contribution in [0.15, 0.2) is 18.2 Å². The lowest BCUT2D eigenvalue weighted by Gasteiger charge is -2.31. The first kappa shape index (κ1) is 14.8. The third kappa shape index (κ3) is 3.71. The lowest BCUT2D eigenvalue weighted by atomic mass is 9.83. The van der Waals surface area contributed by atoms with E-state index in [0.717, 1.165) is 17.7 Å². The molecule has 1 aliphatic rings. The van der Waals surface area contributed by atoms with E-state index in [0.29, 0.717) is 12.0 Å². The van der Waals surface area contributed by atoms with Gasteiger partial charge in [0, 0.05) is 23.9 Å². The van der Waals surface area contributed by atoms with Crippen LogP contribution in [-0.4, -0.2) is 11.0 Å². The molecule has 0 spiro atoms. The minimum Gasteiger partial charge on any atom is -0.382 e. The number of anilines is 1. The lowest BCUT2D eigenvalue weighted by Crippen LogP contribution is -2.30. The molecule has 20 heavy (non-hydrogen) atoms. The summed E-state index contributed by atoms with van der Waals surface area (Å²) in [6.45, 7) is 4.09. The number of hydrogen-bond donors (Lipinski definition) is 1. The summed E-state index contributed by atoms with van der Waals surface area (Å²) in [5.41, 5.74) is 1.99. The molecule has 110 valence electrons. The van der Waals surface area contributed by atoms with Gasteiger partial charge >= 0.3 is 0 Å². The Labute approximate surface area is 120 Å². The van der Waals surface area contributed by atoms with E-state index in [9.17, 15) is 10.1 Å². The zero-order chi connectivity index (χ0) is 14.5. The Morgan fingerprint density at radius 3 is 2.60 bits per heavy atom. The van der Waals surface area contributed by atoms with Gasteiger partial charge in [0.15, 0.2) is 0 Å². The smallest absolute Gasteiger partial charge is 0.271 e. The second-order valence-corrected chi connectivity index (χ2v) is 5.87. The van der Waals surface area contributed by atoms with Crippen LogP contribution in [0, 0.1) is 23.0 Å². The monoisotopic (exact) mass is 276 g/mol. The van der Waals surface area contributed by atoms with E-state index in [1.807, 2.05) is 13.0 Å². The minimum absolute atomic E-state index is 0.172. The maximum Gasteiger partial charge on any atom is 0.271 e. The Hall–Kier alpha value is -1.58. The fraction of sp³-hybridized carbons (Fsp3) is 0.625. The number of nitro groups is 1. The molecule has 0 bridgehead atoms. The highest BCUT2D eigenvalue weighted by atomic mass is 16.6. The van der Waals surface area contributed by atoms with Crippen molar-refractivity contribution in [3.63, 3.8) is 0 Å². The molecule has 1 saturated carbocycles. The van der Waals surface area contributed by atoms with Crippen molar-refractivity contribution < 1.29 is 4.92 Å². The van der Waals surface area contributed by atoms with E-state index < -0.39 is 0 Å². The van der Waals surface area contributed by atoms with E-state index in [-0.39, 0.29) is 10.6 Å². The van der Waals surface area contributed by atoms with Gasteiger partial charge in [-0.25, -0.2) is 0 Å². The molecule has 1 N–H and O–H groups in total. The predicted molar refractivity (Wildman–Crippen MR) is 82.1 cm³/mol. The van der Waals surface area contributed by atoms with Crippen LogP contribution in [0.5, 0.6) is 0 Å². The quantitative estimate of drug-likeness (QED) is 0.628. The average molecular weight is 276 g/mol. The van der Waals surface area contributed by atoms with Crippen LogP contribution in [-0.2, 0) is 0 Å². The molecule has 0 amide bonds. The van der Waals surface area contributed by atoms with Gasteiger partial charge in [-0.2, -0.15) is 0 Å². The summed E-state index contributed by atoms with van der Waals surface area (Å²) in [4.78, 5) is 10.6. The summed E-state index contributed by atoms with van der Waals surface area (Å²) < 4.78 is 0. The fourth-order valence-electron chi connectivity index (χ4n) is 3.26. The highest BCUT2D eigenvalue weighted by Gasteiger charge is 2.22. The van der Waals surface area contributed by atoms with Crippen LogP contribution in [0.1, 0.15) is 51.0 Å². The zero-order valence-corrected chi connectivity index (χ0v) is 12.4. The molecule has 0 radical (unpaired) electrons. The first-order valence-corrected chi connectivity index (χ1v) is 7.62. The molecular formula is C16H24N2O2. The molecule has 1 fully saturated rings. The molecule has 1 aliphatic carbocycles. The van der Waals surface area contributed by atoms with Crippen molar-refractivity contribution >= 4 is 11.4 Å². The molecule has 4 heteroatoms. The van der Waals surface area contributed by atoms with Crippen molar-refractivity contribution in [2.24, 2.45) is 5.92 Å². The van der Waals surface area contributed by atoms with Crippen molar-refractivity contribution in [1.82, 2.24) is 0 Å². The Balaban J connectivity index is 2.12.